The van der Waals surface area contributed by atoms with E-state index in [1.807, 2.05) is 20.8 Å². The van der Waals surface area contributed by atoms with E-state index in [9.17, 15) is 9.90 Å². The first-order valence-corrected chi connectivity index (χ1v) is 7.88. The Labute approximate surface area is 128 Å². The molecule has 1 heterocycles. The molecule has 0 aromatic rings. The fourth-order valence-corrected chi connectivity index (χ4v) is 2.41. The van der Waals surface area contributed by atoms with Crippen molar-refractivity contribution in [2.75, 3.05) is 39.3 Å². The fourth-order valence-electron chi connectivity index (χ4n) is 2.41. The number of aliphatic hydroxyl groups excluding tert-OH is 1. The van der Waals surface area contributed by atoms with Crippen molar-refractivity contribution in [1.29, 1.82) is 0 Å². The van der Waals surface area contributed by atoms with Gasteiger partial charge in [-0.2, -0.15) is 0 Å². The quantitative estimate of drug-likeness (QED) is 0.763. The van der Waals surface area contributed by atoms with E-state index < -0.39 is 11.7 Å². The van der Waals surface area contributed by atoms with Crippen LogP contribution in [0, 0.1) is 0 Å². The van der Waals surface area contributed by atoms with Gasteiger partial charge in [0.1, 0.15) is 5.60 Å². The molecule has 1 amide bonds. The fraction of sp³-hybridized carbons (Fsp3) is 0.933. The molecule has 0 spiro atoms. The van der Waals surface area contributed by atoms with E-state index in [-0.39, 0.29) is 12.1 Å². The van der Waals surface area contributed by atoms with Gasteiger partial charge < -0.3 is 25.0 Å². The number of hydrogen-bond acceptors (Lipinski definition) is 5. The lowest BCUT2D eigenvalue weighted by molar-refractivity contribution is 0.0270. The maximum atomic E-state index is 12.0. The van der Waals surface area contributed by atoms with Gasteiger partial charge in [0, 0.05) is 19.6 Å². The Kier molecular flexibility index (Phi) is 6.90. The standard InChI is InChI=1S/C15H31N3O3/c1-6-17(7-2)9-8-16-12-10-18(11-13(12)19)14(20)21-15(3,4)5/h12-13,16,19H,6-11H2,1-5H3/t12-,13-/m1/s1. The van der Waals surface area contributed by atoms with Gasteiger partial charge in [-0.05, 0) is 33.9 Å². The van der Waals surface area contributed by atoms with Crippen LogP contribution in [0.25, 0.3) is 0 Å². The number of likely N-dealkylation sites (N-methyl/N-ethyl adjacent to an activating group) is 1. The Balaban J connectivity index is 2.37. The first kappa shape index (κ1) is 18.2. The Hall–Kier alpha value is -0.850. The van der Waals surface area contributed by atoms with E-state index in [2.05, 4.69) is 24.1 Å². The van der Waals surface area contributed by atoms with E-state index in [0.29, 0.717) is 13.1 Å². The van der Waals surface area contributed by atoms with Crippen LogP contribution in [0.4, 0.5) is 4.79 Å². The lowest BCUT2D eigenvalue weighted by Crippen LogP contribution is -2.43. The Bertz CT molecular complexity index is 327. The van der Waals surface area contributed by atoms with Crippen LogP contribution in [0.3, 0.4) is 0 Å². The van der Waals surface area contributed by atoms with Gasteiger partial charge in [0.05, 0.1) is 18.7 Å². The largest absolute Gasteiger partial charge is 0.444 e. The average molecular weight is 301 g/mol. The van der Waals surface area contributed by atoms with Gasteiger partial charge in [-0.25, -0.2) is 4.79 Å². The number of carbonyl (C=O) groups excluding carboxylic acids is 1. The number of β-amino-alcohol motifs (C(OH)–C–C–N with tert-alkyl or cyclic N) is 1. The highest BCUT2D eigenvalue weighted by atomic mass is 16.6. The van der Waals surface area contributed by atoms with Crippen molar-refractivity contribution in [2.45, 2.75) is 52.4 Å². The molecule has 2 N–H and O–H groups in total. The van der Waals surface area contributed by atoms with E-state index in [0.717, 1.165) is 26.2 Å². The van der Waals surface area contributed by atoms with E-state index in [1.165, 1.54) is 0 Å². The minimum Gasteiger partial charge on any atom is -0.444 e. The van der Waals surface area contributed by atoms with E-state index >= 15 is 0 Å². The number of ether oxygens (including phenoxy) is 1. The molecule has 6 nitrogen and oxygen atoms in total. The van der Waals surface area contributed by atoms with Crippen molar-refractivity contribution in [3.8, 4) is 0 Å². The van der Waals surface area contributed by atoms with Gasteiger partial charge in [0.2, 0.25) is 0 Å². The first-order valence-electron chi connectivity index (χ1n) is 7.88. The lowest BCUT2D eigenvalue weighted by atomic mass is 10.2. The number of rotatable bonds is 6. The Morgan fingerprint density at radius 2 is 1.95 bits per heavy atom. The lowest BCUT2D eigenvalue weighted by Gasteiger charge is -2.24. The molecule has 0 bridgehead atoms. The minimum atomic E-state index is -0.533. The molecule has 1 rings (SSSR count). The van der Waals surface area contributed by atoms with Crippen molar-refractivity contribution in [1.82, 2.24) is 15.1 Å². The molecule has 0 aromatic carbocycles. The molecule has 0 saturated carbocycles. The third-order valence-electron chi connectivity index (χ3n) is 3.67. The van der Waals surface area contributed by atoms with E-state index in [4.69, 9.17) is 4.74 Å². The number of nitrogens with zero attached hydrogens (tertiary/aromatic N) is 2. The molecule has 0 aliphatic carbocycles. The van der Waals surface area contributed by atoms with Gasteiger partial charge in [-0.1, -0.05) is 13.8 Å². The molecule has 6 heteroatoms. The molecule has 21 heavy (non-hydrogen) atoms. The summed E-state index contributed by atoms with van der Waals surface area (Å²) in [5.41, 5.74) is -0.504. The summed E-state index contributed by atoms with van der Waals surface area (Å²) in [5, 5.41) is 13.4. The molecular formula is C15H31N3O3. The van der Waals surface area contributed by atoms with Crippen molar-refractivity contribution < 1.29 is 14.6 Å². The SMILES string of the molecule is CCN(CC)CCN[C@@H]1CN(C(=O)OC(C)(C)C)C[C@H]1O. The molecule has 0 unspecified atom stereocenters. The van der Waals surface area contributed by atoms with Gasteiger partial charge in [-0.15, -0.1) is 0 Å². The van der Waals surface area contributed by atoms with Crippen LogP contribution in [0.5, 0.6) is 0 Å². The van der Waals surface area contributed by atoms with Crippen molar-refractivity contribution in [3.63, 3.8) is 0 Å². The zero-order valence-corrected chi connectivity index (χ0v) is 14.1. The predicted molar refractivity (Wildman–Crippen MR) is 83.4 cm³/mol. The summed E-state index contributed by atoms with van der Waals surface area (Å²) in [5.74, 6) is 0. The second kappa shape index (κ2) is 7.96. The Morgan fingerprint density at radius 3 is 2.48 bits per heavy atom. The topological polar surface area (TPSA) is 65.0 Å². The molecule has 1 aliphatic heterocycles. The zero-order chi connectivity index (χ0) is 16.0. The maximum Gasteiger partial charge on any atom is 0.410 e. The summed E-state index contributed by atoms with van der Waals surface area (Å²) < 4.78 is 5.34. The van der Waals surface area contributed by atoms with Crippen LogP contribution >= 0.6 is 0 Å². The molecule has 124 valence electrons. The summed E-state index contributed by atoms with van der Waals surface area (Å²) in [7, 11) is 0. The average Bonchev–Trinajstić information content (AvgIpc) is 2.74. The summed E-state index contributed by atoms with van der Waals surface area (Å²) in [6.45, 7) is 14.4. The second-order valence-corrected chi connectivity index (χ2v) is 6.54. The third kappa shape index (κ3) is 6.20. The number of aliphatic hydroxyl groups is 1. The van der Waals surface area contributed by atoms with Crippen LogP contribution in [0.2, 0.25) is 0 Å². The highest BCUT2D eigenvalue weighted by Gasteiger charge is 2.35. The monoisotopic (exact) mass is 301 g/mol. The van der Waals surface area contributed by atoms with E-state index in [1.54, 1.807) is 4.90 Å². The molecular weight excluding hydrogens is 270 g/mol. The molecule has 0 aromatic heterocycles. The number of likely N-dealkylation sites (tertiary alicyclic amines) is 1. The molecule has 1 fully saturated rings. The summed E-state index contributed by atoms with van der Waals surface area (Å²) in [6, 6.07) is -0.0759. The minimum absolute atomic E-state index is 0.0759. The van der Waals surface area contributed by atoms with Crippen molar-refractivity contribution in [2.24, 2.45) is 0 Å². The smallest absolute Gasteiger partial charge is 0.410 e. The Morgan fingerprint density at radius 1 is 1.33 bits per heavy atom. The highest BCUT2D eigenvalue weighted by Crippen LogP contribution is 2.15. The number of hydrogen-bond donors (Lipinski definition) is 2. The first-order chi connectivity index (χ1) is 9.76. The maximum absolute atomic E-state index is 12.0. The second-order valence-electron chi connectivity index (χ2n) is 6.54. The molecule has 1 saturated heterocycles. The highest BCUT2D eigenvalue weighted by molar-refractivity contribution is 5.68. The molecule has 1 aliphatic rings. The number of amides is 1. The van der Waals surface area contributed by atoms with Gasteiger partial charge in [-0.3, -0.25) is 0 Å². The summed E-state index contributed by atoms with van der Waals surface area (Å²) >= 11 is 0. The normalized spacial score (nSPS) is 22.9. The van der Waals surface area contributed by atoms with Gasteiger partial charge in [0.15, 0.2) is 0 Å². The molecule has 0 radical (unpaired) electrons. The summed E-state index contributed by atoms with van der Waals surface area (Å²) in [6.07, 6.45) is -0.885. The zero-order valence-electron chi connectivity index (χ0n) is 14.1. The summed E-state index contributed by atoms with van der Waals surface area (Å²) in [4.78, 5) is 15.9. The number of carbonyl (C=O) groups is 1. The van der Waals surface area contributed by atoms with Gasteiger partial charge >= 0.3 is 6.09 Å². The van der Waals surface area contributed by atoms with Crippen LogP contribution in [0.1, 0.15) is 34.6 Å². The van der Waals surface area contributed by atoms with Crippen LogP contribution in [0.15, 0.2) is 0 Å². The predicted octanol–water partition coefficient (Wildman–Crippen LogP) is 0.898. The van der Waals surface area contributed by atoms with Gasteiger partial charge in [0.25, 0.3) is 0 Å². The molecule has 2 atom stereocenters. The van der Waals surface area contributed by atoms with Crippen LogP contribution in [-0.2, 0) is 4.74 Å². The van der Waals surface area contributed by atoms with Crippen molar-refractivity contribution in [3.05, 3.63) is 0 Å². The third-order valence-corrected chi connectivity index (χ3v) is 3.67. The van der Waals surface area contributed by atoms with Crippen molar-refractivity contribution >= 4 is 6.09 Å². The van der Waals surface area contributed by atoms with Crippen LogP contribution < -0.4 is 5.32 Å². The van der Waals surface area contributed by atoms with Crippen LogP contribution in [-0.4, -0.2) is 78.0 Å². The number of nitrogens with one attached hydrogen (secondary N) is 1.